The number of hydrogen-bond donors (Lipinski definition) is 1. The molecule has 0 aliphatic carbocycles. The molecule has 0 fully saturated rings. The average Bonchev–Trinajstić information content (AvgIpc) is 2.40. The first-order chi connectivity index (χ1) is 9.10. The van der Waals surface area contributed by atoms with Crippen molar-refractivity contribution in [1.29, 1.82) is 0 Å². The molecular weight excluding hydrogens is 304 g/mol. The van der Waals surface area contributed by atoms with Crippen LogP contribution in [0.15, 0.2) is 22.7 Å². The summed E-state index contributed by atoms with van der Waals surface area (Å²) in [6.07, 6.45) is 1.86. The molecule has 4 heteroatoms. The van der Waals surface area contributed by atoms with Crippen molar-refractivity contribution in [3.05, 3.63) is 28.2 Å². The molecule has 0 bridgehead atoms. The molecule has 0 aromatic heterocycles. The first-order valence-electron chi connectivity index (χ1n) is 6.91. The zero-order valence-corrected chi connectivity index (χ0v) is 13.7. The largest absolute Gasteiger partial charge is 0.496 e. The van der Waals surface area contributed by atoms with E-state index in [1.807, 2.05) is 12.1 Å². The Morgan fingerprint density at radius 2 is 2.00 bits per heavy atom. The summed E-state index contributed by atoms with van der Waals surface area (Å²) in [6, 6.07) is 6.24. The number of methoxy groups -OCH3 is 1. The lowest BCUT2D eigenvalue weighted by atomic mass is 10.0. The minimum Gasteiger partial charge on any atom is -0.496 e. The van der Waals surface area contributed by atoms with Crippen LogP contribution < -0.4 is 10.5 Å². The first kappa shape index (κ1) is 16.5. The molecule has 0 spiro atoms. The fourth-order valence-electron chi connectivity index (χ4n) is 2.18. The third kappa shape index (κ3) is 5.51. The second kappa shape index (κ2) is 8.56. The second-order valence-electron chi connectivity index (χ2n) is 4.74. The molecule has 108 valence electrons. The third-order valence-electron chi connectivity index (χ3n) is 3.44. The van der Waals surface area contributed by atoms with Gasteiger partial charge in [-0.25, -0.2) is 0 Å². The molecule has 1 aromatic rings. The van der Waals surface area contributed by atoms with Gasteiger partial charge >= 0.3 is 0 Å². The van der Waals surface area contributed by atoms with Crippen LogP contribution in [0.3, 0.4) is 0 Å². The minimum absolute atomic E-state index is 0.170. The van der Waals surface area contributed by atoms with Crippen molar-refractivity contribution in [1.82, 2.24) is 4.90 Å². The summed E-state index contributed by atoms with van der Waals surface area (Å²) in [5.74, 6) is 0.918. The van der Waals surface area contributed by atoms with Gasteiger partial charge in [-0.05, 0) is 56.2 Å². The molecule has 0 amide bonds. The number of rotatable bonds is 8. The van der Waals surface area contributed by atoms with E-state index in [2.05, 4.69) is 40.7 Å². The lowest BCUT2D eigenvalue weighted by Gasteiger charge is -2.21. The lowest BCUT2D eigenvalue weighted by Crippen LogP contribution is -2.31. The highest BCUT2D eigenvalue weighted by molar-refractivity contribution is 9.10. The predicted octanol–water partition coefficient (Wildman–Crippen LogP) is 3.06. The number of nitrogens with zero attached hydrogens (tertiary/aromatic N) is 1. The highest BCUT2D eigenvalue weighted by atomic mass is 79.9. The fourth-order valence-corrected chi connectivity index (χ4v) is 2.59. The van der Waals surface area contributed by atoms with Gasteiger partial charge in [0, 0.05) is 10.5 Å². The number of ether oxygens (including phenoxy) is 1. The Hall–Kier alpha value is -0.580. The van der Waals surface area contributed by atoms with Crippen LogP contribution in [0.5, 0.6) is 5.75 Å². The van der Waals surface area contributed by atoms with Crippen molar-refractivity contribution < 1.29 is 4.74 Å². The van der Waals surface area contributed by atoms with Crippen LogP contribution in [-0.4, -0.2) is 37.7 Å². The lowest BCUT2D eigenvalue weighted by molar-refractivity contribution is 0.289. The molecule has 1 aromatic carbocycles. The summed E-state index contributed by atoms with van der Waals surface area (Å²) < 4.78 is 6.45. The van der Waals surface area contributed by atoms with E-state index in [0.29, 0.717) is 0 Å². The predicted molar refractivity (Wildman–Crippen MR) is 84.8 cm³/mol. The topological polar surface area (TPSA) is 38.5 Å². The van der Waals surface area contributed by atoms with Crippen LogP contribution in [0, 0.1) is 0 Å². The molecule has 0 heterocycles. The Balaban J connectivity index is 2.56. The zero-order valence-electron chi connectivity index (χ0n) is 12.2. The average molecular weight is 329 g/mol. The van der Waals surface area contributed by atoms with Gasteiger partial charge in [-0.15, -0.1) is 0 Å². The second-order valence-corrected chi connectivity index (χ2v) is 5.65. The molecule has 19 heavy (non-hydrogen) atoms. The molecule has 0 aliphatic rings. The van der Waals surface area contributed by atoms with Gasteiger partial charge in [-0.3, -0.25) is 0 Å². The molecule has 1 atom stereocenters. The fraction of sp³-hybridized carbons (Fsp3) is 0.600. The van der Waals surface area contributed by atoms with Gasteiger partial charge in [0.15, 0.2) is 0 Å². The van der Waals surface area contributed by atoms with Crippen LogP contribution >= 0.6 is 15.9 Å². The quantitative estimate of drug-likeness (QED) is 0.797. The van der Waals surface area contributed by atoms with Gasteiger partial charge in [0.1, 0.15) is 5.75 Å². The van der Waals surface area contributed by atoms with Crippen molar-refractivity contribution in [2.24, 2.45) is 5.73 Å². The van der Waals surface area contributed by atoms with Crippen molar-refractivity contribution in [2.75, 3.05) is 26.7 Å². The Morgan fingerprint density at radius 1 is 1.32 bits per heavy atom. The smallest absolute Gasteiger partial charge is 0.122 e. The zero-order chi connectivity index (χ0) is 14.3. The van der Waals surface area contributed by atoms with Crippen LogP contribution in [0.25, 0.3) is 0 Å². The Morgan fingerprint density at radius 3 is 2.58 bits per heavy atom. The standard InChI is InChI=1S/C15H25BrN2O/c1-4-18(5-2)9-8-14(17)11-12-10-13(16)6-7-15(12)19-3/h6-7,10,14H,4-5,8-9,11,17H2,1-3H3. The van der Waals surface area contributed by atoms with Gasteiger partial charge in [-0.1, -0.05) is 29.8 Å². The number of benzene rings is 1. The van der Waals surface area contributed by atoms with Crippen molar-refractivity contribution in [2.45, 2.75) is 32.7 Å². The highest BCUT2D eigenvalue weighted by Crippen LogP contribution is 2.24. The molecule has 2 N–H and O–H groups in total. The van der Waals surface area contributed by atoms with Gasteiger partial charge < -0.3 is 15.4 Å². The Kier molecular flexibility index (Phi) is 7.42. The Labute approximate surface area is 125 Å². The van der Waals surface area contributed by atoms with Gasteiger partial charge in [0.2, 0.25) is 0 Å². The summed E-state index contributed by atoms with van der Waals surface area (Å²) >= 11 is 3.50. The highest BCUT2D eigenvalue weighted by Gasteiger charge is 2.10. The van der Waals surface area contributed by atoms with E-state index < -0.39 is 0 Å². The van der Waals surface area contributed by atoms with Gasteiger partial charge in [0.05, 0.1) is 7.11 Å². The van der Waals surface area contributed by atoms with Crippen LogP contribution in [-0.2, 0) is 6.42 Å². The maximum atomic E-state index is 6.24. The van der Waals surface area contributed by atoms with Gasteiger partial charge in [-0.2, -0.15) is 0 Å². The van der Waals surface area contributed by atoms with Crippen molar-refractivity contribution >= 4 is 15.9 Å². The molecule has 0 aliphatic heterocycles. The first-order valence-corrected chi connectivity index (χ1v) is 7.70. The summed E-state index contributed by atoms with van der Waals surface area (Å²) in [7, 11) is 1.70. The van der Waals surface area contributed by atoms with Gasteiger partial charge in [0.25, 0.3) is 0 Å². The van der Waals surface area contributed by atoms with Crippen LogP contribution in [0.4, 0.5) is 0 Å². The van der Waals surface area contributed by atoms with E-state index in [0.717, 1.165) is 42.7 Å². The van der Waals surface area contributed by atoms with Crippen LogP contribution in [0.2, 0.25) is 0 Å². The van der Waals surface area contributed by atoms with Crippen LogP contribution in [0.1, 0.15) is 25.8 Å². The molecule has 3 nitrogen and oxygen atoms in total. The normalized spacial score (nSPS) is 12.7. The van der Waals surface area contributed by atoms with E-state index in [1.165, 1.54) is 5.56 Å². The van der Waals surface area contributed by atoms with Crippen molar-refractivity contribution in [3.8, 4) is 5.75 Å². The third-order valence-corrected chi connectivity index (χ3v) is 3.93. The maximum Gasteiger partial charge on any atom is 0.122 e. The van der Waals surface area contributed by atoms with E-state index in [4.69, 9.17) is 10.5 Å². The molecule has 0 saturated heterocycles. The minimum atomic E-state index is 0.170. The van der Waals surface area contributed by atoms with Crippen molar-refractivity contribution in [3.63, 3.8) is 0 Å². The molecule has 0 saturated carbocycles. The summed E-state index contributed by atoms with van der Waals surface area (Å²) in [5.41, 5.74) is 7.41. The van der Waals surface area contributed by atoms with E-state index >= 15 is 0 Å². The maximum absolute atomic E-state index is 6.24. The summed E-state index contributed by atoms with van der Waals surface area (Å²) in [5, 5.41) is 0. The Bertz CT molecular complexity index is 380. The molecule has 1 rings (SSSR count). The van der Waals surface area contributed by atoms with E-state index in [1.54, 1.807) is 7.11 Å². The molecule has 1 unspecified atom stereocenters. The number of nitrogens with two attached hydrogens (primary N) is 1. The summed E-state index contributed by atoms with van der Waals surface area (Å²) in [6.45, 7) is 7.61. The van der Waals surface area contributed by atoms with E-state index in [9.17, 15) is 0 Å². The number of halogens is 1. The summed E-state index contributed by atoms with van der Waals surface area (Å²) in [4.78, 5) is 2.40. The molecular formula is C15H25BrN2O. The molecule has 0 radical (unpaired) electrons. The monoisotopic (exact) mass is 328 g/mol. The van der Waals surface area contributed by atoms with E-state index in [-0.39, 0.29) is 6.04 Å². The number of hydrogen-bond acceptors (Lipinski definition) is 3. The SMILES string of the molecule is CCN(CC)CCC(N)Cc1cc(Br)ccc1OC.